The molecule has 0 amide bonds. The number of halogens is 1. The average molecular weight is 194 g/mol. The summed E-state index contributed by atoms with van der Waals surface area (Å²) in [6.45, 7) is 0. The summed E-state index contributed by atoms with van der Waals surface area (Å²) in [5.74, 6) is 0. The van der Waals surface area contributed by atoms with Gasteiger partial charge in [-0.25, -0.2) is 4.79 Å². The van der Waals surface area contributed by atoms with Crippen LogP contribution in [0.15, 0.2) is 33.9 Å². The average Bonchev–Trinajstić information content (AvgIpc) is 2.23. The summed E-state index contributed by atoms with van der Waals surface area (Å²) in [5.41, 5.74) is -1.45. The first-order chi connectivity index (χ1) is 6.63. The van der Waals surface area contributed by atoms with Gasteiger partial charge in [0.05, 0.1) is 10.9 Å². The zero-order chi connectivity index (χ0) is 10.3. The van der Waals surface area contributed by atoms with Gasteiger partial charge in [0, 0.05) is 7.05 Å². The minimum absolute atomic E-state index is 0.192. The maximum absolute atomic E-state index is 13.0. The lowest BCUT2D eigenvalue weighted by atomic mass is 10.2. The number of benzene rings is 1. The maximum atomic E-state index is 13.0. The van der Waals surface area contributed by atoms with Crippen LogP contribution in [0.2, 0.25) is 0 Å². The number of aromatic nitrogens is 2. The third kappa shape index (κ3) is 0.985. The highest BCUT2D eigenvalue weighted by molar-refractivity contribution is 5.77. The van der Waals surface area contributed by atoms with Crippen LogP contribution in [0.4, 0.5) is 4.48 Å². The minimum atomic E-state index is -0.964. The van der Waals surface area contributed by atoms with Gasteiger partial charge < -0.3 is 0 Å². The molecule has 0 aliphatic heterocycles. The van der Waals surface area contributed by atoms with E-state index in [1.807, 2.05) is 0 Å². The molecule has 0 fully saturated rings. The van der Waals surface area contributed by atoms with Crippen molar-refractivity contribution >= 4 is 10.9 Å². The van der Waals surface area contributed by atoms with Crippen LogP contribution in [-0.4, -0.2) is 9.36 Å². The first-order valence-electron chi connectivity index (χ1n) is 4.00. The molecule has 1 aromatic carbocycles. The van der Waals surface area contributed by atoms with E-state index in [2.05, 4.69) is 0 Å². The molecule has 1 aromatic heterocycles. The summed E-state index contributed by atoms with van der Waals surface area (Å²) >= 11 is 0. The quantitative estimate of drug-likeness (QED) is 0.610. The van der Waals surface area contributed by atoms with Crippen molar-refractivity contribution in [2.75, 3.05) is 0 Å². The van der Waals surface area contributed by atoms with Crippen LogP contribution in [-0.2, 0) is 7.05 Å². The molecule has 2 rings (SSSR count). The number of hydrogen-bond acceptors (Lipinski definition) is 2. The number of rotatable bonds is 0. The van der Waals surface area contributed by atoms with Crippen molar-refractivity contribution in [2.45, 2.75) is 0 Å². The first-order valence-corrected chi connectivity index (χ1v) is 4.00. The van der Waals surface area contributed by atoms with Crippen molar-refractivity contribution in [2.24, 2.45) is 7.05 Å². The van der Waals surface area contributed by atoms with Crippen molar-refractivity contribution < 1.29 is 4.48 Å². The number of hydrogen-bond donors (Lipinski definition) is 0. The Hall–Kier alpha value is -1.91. The van der Waals surface area contributed by atoms with Crippen LogP contribution in [0, 0.1) is 0 Å². The molecule has 0 saturated carbocycles. The molecule has 0 aliphatic rings. The van der Waals surface area contributed by atoms with Crippen molar-refractivity contribution in [3.63, 3.8) is 0 Å². The molecule has 5 heteroatoms. The monoisotopic (exact) mass is 194 g/mol. The third-order valence-corrected chi connectivity index (χ3v) is 2.13. The molecule has 14 heavy (non-hydrogen) atoms. The Balaban J connectivity index is 3.19. The van der Waals surface area contributed by atoms with Gasteiger partial charge in [-0.05, 0) is 12.1 Å². The van der Waals surface area contributed by atoms with Gasteiger partial charge in [-0.15, -0.1) is 0 Å². The molecule has 0 bridgehead atoms. The summed E-state index contributed by atoms with van der Waals surface area (Å²) in [6, 6.07) is 6.38. The van der Waals surface area contributed by atoms with E-state index in [-0.39, 0.29) is 10.2 Å². The summed E-state index contributed by atoms with van der Waals surface area (Å²) < 4.78 is 14.1. The van der Waals surface area contributed by atoms with E-state index in [0.29, 0.717) is 5.52 Å². The normalized spacial score (nSPS) is 10.7. The zero-order valence-corrected chi connectivity index (χ0v) is 7.40. The van der Waals surface area contributed by atoms with Crippen molar-refractivity contribution in [1.82, 2.24) is 9.36 Å². The minimum Gasteiger partial charge on any atom is -0.294 e. The largest absolute Gasteiger partial charge is 0.360 e. The molecule has 4 nitrogen and oxygen atoms in total. The van der Waals surface area contributed by atoms with Crippen LogP contribution >= 0.6 is 0 Å². The fraction of sp³-hybridized carbons (Fsp3) is 0.111. The molecule has 0 radical (unpaired) electrons. The molecular formula is C9H7FN2O2. The topological polar surface area (TPSA) is 44.0 Å². The molecule has 0 N–H and O–H groups in total. The smallest absolute Gasteiger partial charge is 0.294 e. The Morgan fingerprint density at radius 3 is 2.57 bits per heavy atom. The Bertz CT molecular complexity index is 612. The lowest BCUT2D eigenvalue weighted by Gasteiger charge is -2.03. The predicted octanol–water partition coefficient (Wildman–Crippen LogP) is 0.433. The Labute approximate surface area is 77.8 Å². The Morgan fingerprint density at radius 1 is 1.21 bits per heavy atom. The van der Waals surface area contributed by atoms with E-state index < -0.39 is 11.2 Å². The molecule has 0 spiro atoms. The highest BCUT2D eigenvalue weighted by Crippen LogP contribution is 2.05. The van der Waals surface area contributed by atoms with Crippen LogP contribution in [0.3, 0.4) is 0 Å². The van der Waals surface area contributed by atoms with Gasteiger partial charge in [0.2, 0.25) is 0 Å². The second-order valence-corrected chi connectivity index (χ2v) is 2.94. The Kier molecular flexibility index (Phi) is 1.73. The van der Waals surface area contributed by atoms with E-state index in [0.717, 1.165) is 4.57 Å². The molecule has 0 atom stereocenters. The van der Waals surface area contributed by atoms with Crippen LogP contribution in [0.25, 0.3) is 10.9 Å². The molecule has 1 heterocycles. The summed E-state index contributed by atoms with van der Waals surface area (Å²) in [6.07, 6.45) is 0. The van der Waals surface area contributed by atoms with Gasteiger partial charge in [0.1, 0.15) is 0 Å². The highest BCUT2D eigenvalue weighted by atomic mass is 19.2. The molecule has 2 aromatic rings. The Morgan fingerprint density at radius 2 is 1.86 bits per heavy atom. The van der Waals surface area contributed by atoms with Gasteiger partial charge in [-0.1, -0.05) is 21.4 Å². The number of nitrogens with zero attached hydrogens (tertiary/aromatic N) is 2. The van der Waals surface area contributed by atoms with Gasteiger partial charge in [0.25, 0.3) is 5.56 Å². The van der Waals surface area contributed by atoms with E-state index in [4.69, 9.17) is 0 Å². The fourth-order valence-corrected chi connectivity index (χ4v) is 1.37. The lowest BCUT2D eigenvalue weighted by Crippen LogP contribution is -2.34. The van der Waals surface area contributed by atoms with Crippen LogP contribution in [0.5, 0.6) is 0 Å². The predicted molar refractivity (Wildman–Crippen MR) is 50.0 cm³/mol. The maximum Gasteiger partial charge on any atom is 0.360 e. The molecule has 0 unspecified atom stereocenters. The number of para-hydroxylation sites is 1. The van der Waals surface area contributed by atoms with Gasteiger partial charge in [0.15, 0.2) is 0 Å². The SMILES string of the molecule is Cn1c(=O)n(F)c(=O)c2ccccc21. The number of fused-ring (bicyclic) bond motifs is 1. The summed E-state index contributed by atoms with van der Waals surface area (Å²) in [7, 11) is 1.42. The van der Waals surface area contributed by atoms with E-state index in [9.17, 15) is 14.1 Å². The van der Waals surface area contributed by atoms with Crippen LogP contribution < -0.4 is 11.2 Å². The standard InChI is InChI=1S/C9H7FN2O2/c1-11-7-5-3-2-4-6(7)8(13)12(10)9(11)14/h2-5H,1H3. The molecule has 72 valence electrons. The second kappa shape index (κ2) is 2.80. The van der Waals surface area contributed by atoms with Gasteiger partial charge >= 0.3 is 5.69 Å². The third-order valence-electron chi connectivity index (χ3n) is 2.13. The molecule has 0 saturated heterocycles. The molecular weight excluding hydrogens is 187 g/mol. The van der Waals surface area contributed by atoms with Gasteiger partial charge in [-0.2, -0.15) is 0 Å². The lowest BCUT2D eigenvalue weighted by molar-refractivity contribution is 0.326. The van der Waals surface area contributed by atoms with Gasteiger partial charge in [-0.3, -0.25) is 9.36 Å². The fourth-order valence-electron chi connectivity index (χ4n) is 1.37. The second-order valence-electron chi connectivity index (χ2n) is 2.94. The van der Waals surface area contributed by atoms with E-state index >= 15 is 0 Å². The first kappa shape index (κ1) is 8.68. The van der Waals surface area contributed by atoms with Crippen molar-refractivity contribution in [1.29, 1.82) is 0 Å². The number of aryl methyl sites for hydroxylation is 1. The van der Waals surface area contributed by atoms with E-state index in [1.165, 1.54) is 13.1 Å². The summed E-state index contributed by atoms with van der Waals surface area (Å²) in [5, 5.41) is 0.192. The van der Waals surface area contributed by atoms with E-state index in [1.54, 1.807) is 18.2 Å². The van der Waals surface area contributed by atoms with Crippen LogP contribution in [0.1, 0.15) is 0 Å². The zero-order valence-electron chi connectivity index (χ0n) is 7.40. The van der Waals surface area contributed by atoms with Crippen molar-refractivity contribution in [3.05, 3.63) is 45.1 Å². The van der Waals surface area contributed by atoms with Crippen molar-refractivity contribution in [3.8, 4) is 0 Å². The summed E-state index contributed by atoms with van der Waals surface area (Å²) in [4.78, 5) is 22.0. The highest BCUT2D eigenvalue weighted by Gasteiger charge is 2.08. The molecule has 0 aliphatic carbocycles.